The predicted octanol–water partition coefficient (Wildman–Crippen LogP) is 10.2. The molecule has 1 fully saturated rings. The third-order valence-corrected chi connectivity index (χ3v) is 7.24. The second kappa shape index (κ2) is 12.5. The molecule has 1 aliphatic rings. The van der Waals surface area contributed by atoms with E-state index < -0.39 is 11.7 Å². The van der Waals surface area contributed by atoms with Crippen LogP contribution >= 0.6 is 0 Å². The number of halogens is 3. The standard InChI is InChI=1S/C29H39F3/c1-2-3-4-5-6-7-8-9-10-23-11-13-24(14-12-23)25-15-17-26(18-16-25)27-19-21-28(22-20-27)29(30,31)32/h15-24H,2-14H2,1H3. The van der Waals surface area contributed by atoms with Crippen LogP contribution in [0.4, 0.5) is 13.2 Å². The van der Waals surface area contributed by atoms with Gasteiger partial charge in [0.15, 0.2) is 0 Å². The number of hydrogen-bond acceptors (Lipinski definition) is 0. The molecule has 1 aliphatic carbocycles. The van der Waals surface area contributed by atoms with Crippen molar-refractivity contribution in [3.05, 3.63) is 59.7 Å². The molecule has 0 unspecified atom stereocenters. The predicted molar refractivity (Wildman–Crippen MR) is 129 cm³/mol. The maximum atomic E-state index is 12.8. The second-order valence-corrected chi connectivity index (χ2v) is 9.68. The molecule has 0 amide bonds. The highest BCUT2D eigenvalue weighted by molar-refractivity contribution is 5.64. The lowest BCUT2D eigenvalue weighted by Crippen LogP contribution is -2.13. The molecule has 0 radical (unpaired) electrons. The Morgan fingerprint density at radius 1 is 0.656 bits per heavy atom. The van der Waals surface area contributed by atoms with Crippen LogP contribution in [0.15, 0.2) is 48.5 Å². The van der Waals surface area contributed by atoms with Gasteiger partial charge in [-0.25, -0.2) is 0 Å². The third-order valence-electron chi connectivity index (χ3n) is 7.24. The van der Waals surface area contributed by atoms with Gasteiger partial charge in [0.2, 0.25) is 0 Å². The van der Waals surface area contributed by atoms with Gasteiger partial charge in [0, 0.05) is 0 Å². The molecule has 0 spiro atoms. The van der Waals surface area contributed by atoms with Gasteiger partial charge < -0.3 is 0 Å². The first-order chi connectivity index (χ1) is 15.5. The highest BCUT2D eigenvalue weighted by atomic mass is 19.4. The molecule has 176 valence electrons. The average Bonchev–Trinajstić information content (AvgIpc) is 2.81. The van der Waals surface area contributed by atoms with Crippen molar-refractivity contribution < 1.29 is 13.2 Å². The van der Waals surface area contributed by atoms with Gasteiger partial charge in [-0.3, -0.25) is 0 Å². The fourth-order valence-electron chi connectivity index (χ4n) is 5.15. The van der Waals surface area contributed by atoms with E-state index >= 15 is 0 Å². The van der Waals surface area contributed by atoms with E-state index in [0.717, 1.165) is 29.2 Å². The summed E-state index contributed by atoms with van der Waals surface area (Å²) in [5.41, 5.74) is 2.59. The molecule has 0 N–H and O–H groups in total. The van der Waals surface area contributed by atoms with Crippen molar-refractivity contribution in [2.24, 2.45) is 5.92 Å². The first-order valence-electron chi connectivity index (χ1n) is 12.7. The maximum absolute atomic E-state index is 12.8. The van der Waals surface area contributed by atoms with Gasteiger partial charge in [-0.05, 0) is 66.3 Å². The summed E-state index contributed by atoms with van der Waals surface area (Å²) in [6, 6.07) is 13.9. The summed E-state index contributed by atoms with van der Waals surface area (Å²) in [7, 11) is 0. The molecule has 2 aromatic rings. The van der Waals surface area contributed by atoms with Crippen molar-refractivity contribution in [2.75, 3.05) is 0 Å². The second-order valence-electron chi connectivity index (χ2n) is 9.68. The Kier molecular flexibility index (Phi) is 9.69. The minimum atomic E-state index is -4.28. The fourth-order valence-corrected chi connectivity index (χ4v) is 5.15. The first-order valence-corrected chi connectivity index (χ1v) is 12.7. The summed E-state index contributed by atoms with van der Waals surface area (Å²) in [5, 5.41) is 0. The molecule has 0 bridgehead atoms. The summed E-state index contributed by atoms with van der Waals surface area (Å²) < 4.78 is 38.3. The number of unbranched alkanes of at least 4 members (excludes halogenated alkanes) is 7. The molecule has 0 nitrogen and oxygen atoms in total. The summed E-state index contributed by atoms with van der Waals surface area (Å²) in [6.45, 7) is 2.27. The van der Waals surface area contributed by atoms with Crippen molar-refractivity contribution in [3.63, 3.8) is 0 Å². The number of alkyl halides is 3. The molecule has 0 saturated heterocycles. The smallest absolute Gasteiger partial charge is 0.166 e. The zero-order chi connectivity index (χ0) is 22.8. The van der Waals surface area contributed by atoms with E-state index in [0.29, 0.717) is 5.92 Å². The molecule has 1 saturated carbocycles. The van der Waals surface area contributed by atoms with Crippen LogP contribution in [-0.2, 0) is 6.18 Å². The normalized spacial score (nSPS) is 19.2. The Bertz CT molecular complexity index is 766. The third kappa shape index (κ3) is 7.67. The van der Waals surface area contributed by atoms with Crippen LogP contribution in [0.5, 0.6) is 0 Å². The quantitative estimate of drug-likeness (QED) is 0.302. The lowest BCUT2D eigenvalue weighted by atomic mass is 9.77. The van der Waals surface area contributed by atoms with E-state index in [4.69, 9.17) is 0 Å². The van der Waals surface area contributed by atoms with Crippen LogP contribution in [0.3, 0.4) is 0 Å². The fraction of sp³-hybridized carbons (Fsp3) is 0.586. The number of hydrogen-bond donors (Lipinski definition) is 0. The van der Waals surface area contributed by atoms with Crippen molar-refractivity contribution in [2.45, 2.75) is 102 Å². The zero-order valence-corrected chi connectivity index (χ0v) is 19.6. The van der Waals surface area contributed by atoms with Gasteiger partial charge in [-0.2, -0.15) is 13.2 Å². The Morgan fingerprint density at radius 2 is 1.16 bits per heavy atom. The summed E-state index contributed by atoms with van der Waals surface area (Å²) >= 11 is 0. The monoisotopic (exact) mass is 444 g/mol. The molecule has 0 aliphatic heterocycles. The van der Waals surface area contributed by atoms with Crippen molar-refractivity contribution in [3.8, 4) is 11.1 Å². The van der Waals surface area contributed by atoms with E-state index in [1.165, 1.54) is 89.0 Å². The van der Waals surface area contributed by atoms with Crippen molar-refractivity contribution in [1.82, 2.24) is 0 Å². The highest BCUT2D eigenvalue weighted by Crippen LogP contribution is 2.38. The SMILES string of the molecule is CCCCCCCCCCC1CCC(c2ccc(-c3ccc(C(F)(F)F)cc3)cc2)CC1. The van der Waals surface area contributed by atoms with E-state index in [2.05, 4.69) is 31.2 Å². The van der Waals surface area contributed by atoms with Gasteiger partial charge in [0.05, 0.1) is 5.56 Å². The maximum Gasteiger partial charge on any atom is 0.416 e. The van der Waals surface area contributed by atoms with Crippen LogP contribution in [0.1, 0.15) is 107 Å². The van der Waals surface area contributed by atoms with Crippen LogP contribution in [0.2, 0.25) is 0 Å². The molecule has 0 atom stereocenters. The van der Waals surface area contributed by atoms with E-state index in [1.54, 1.807) is 12.1 Å². The van der Waals surface area contributed by atoms with Crippen LogP contribution < -0.4 is 0 Å². The Labute approximate surface area is 192 Å². The van der Waals surface area contributed by atoms with E-state index in [-0.39, 0.29) is 0 Å². The lowest BCUT2D eigenvalue weighted by molar-refractivity contribution is -0.137. The van der Waals surface area contributed by atoms with Crippen molar-refractivity contribution in [1.29, 1.82) is 0 Å². The van der Waals surface area contributed by atoms with Gasteiger partial charge in [0.1, 0.15) is 0 Å². The minimum absolute atomic E-state index is 0.596. The summed E-state index contributed by atoms with van der Waals surface area (Å²) in [6.07, 6.45) is 13.5. The Morgan fingerprint density at radius 3 is 1.69 bits per heavy atom. The molecule has 0 aromatic heterocycles. The Balaban J connectivity index is 1.38. The highest BCUT2D eigenvalue weighted by Gasteiger charge is 2.30. The van der Waals surface area contributed by atoms with Gasteiger partial charge >= 0.3 is 6.18 Å². The molecule has 0 heterocycles. The largest absolute Gasteiger partial charge is 0.416 e. The zero-order valence-electron chi connectivity index (χ0n) is 19.6. The minimum Gasteiger partial charge on any atom is -0.166 e. The van der Waals surface area contributed by atoms with Gasteiger partial charge in [0.25, 0.3) is 0 Å². The number of rotatable bonds is 11. The molecule has 2 aromatic carbocycles. The lowest BCUT2D eigenvalue weighted by Gasteiger charge is -2.29. The topological polar surface area (TPSA) is 0 Å². The van der Waals surface area contributed by atoms with Crippen LogP contribution in [-0.4, -0.2) is 0 Å². The molecule has 32 heavy (non-hydrogen) atoms. The summed E-state index contributed by atoms with van der Waals surface area (Å²) in [4.78, 5) is 0. The van der Waals surface area contributed by atoms with Crippen molar-refractivity contribution >= 4 is 0 Å². The van der Waals surface area contributed by atoms with Gasteiger partial charge in [-0.1, -0.05) is 101 Å². The van der Waals surface area contributed by atoms with E-state index in [1.807, 2.05) is 0 Å². The van der Waals surface area contributed by atoms with Crippen LogP contribution in [0, 0.1) is 5.92 Å². The summed E-state index contributed by atoms with van der Waals surface area (Å²) in [5.74, 6) is 1.53. The van der Waals surface area contributed by atoms with Gasteiger partial charge in [-0.15, -0.1) is 0 Å². The van der Waals surface area contributed by atoms with Crippen LogP contribution in [0.25, 0.3) is 11.1 Å². The first kappa shape index (κ1) is 24.9. The average molecular weight is 445 g/mol. The Hall–Kier alpha value is -1.77. The molecular weight excluding hydrogens is 405 g/mol. The van der Waals surface area contributed by atoms with E-state index in [9.17, 15) is 13.2 Å². The number of benzene rings is 2. The molecule has 3 rings (SSSR count). The molecular formula is C29H39F3. The molecule has 3 heteroatoms.